The number of carbonyl (C=O) groups excluding carboxylic acids is 1. The first-order chi connectivity index (χ1) is 13.4. The minimum atomic E-state index is -3.58. The van der Waals surface area contributed by atoms with Crippen molar-refractivity contribution in [3.05, 3.63) is 18.2 Å². The van der Waals surface area contributed by atoms with Crippen LogP contribution >= 0.6 is 0 Å². The summed E-state index contributed by atoms with van der Waals surface area (Å²) in [5.74, 6) is 0.796. The lowest BCUT2D eigenvalue weighted by atomic mass is 9.87. The van der Waals surface area contributed by atoms with Crippen LogP contribution in [-0.4, -0.2) is 62.9 Å². The number of hydrogen-bond donors (Lipinski definition) is 1. The van der Waals surface area contributed by atoms with Crippen molar-refractivity contribution in [1.82, 2.24) is 10.2 Å². The molecule has 8 heteroatoms. The molecule has 1 amide bonds. The molecule has 1 fully saturated rings. The van der Waals surface area contributed by atoms with Gasteiger partial charge in [0.25, 0.3) is 0 Å². The molecule has 3 rings (SSSR count). The van der Waals surface area contributed by atoms with E-state index >= 15 is 0 Å². The standard InChI is InChI=1S/C21H32N2O5S/c1-20(2)13-15(21(3,4)23(20)5)14-22-19(24)8-11-29(25,26)16-6-7-17-18(12-16)28-10-9-27-17/h6-7,12,15H,8-11,13-14H2,1-5H3,(H,22,24). The zero-order valence-electron chi connectivity index (χ0n) is 17.9. The molecule has 1 aromatic carbocycles. The van der Waals surface area contributed by atoms with Gasteiger partial charge in [-0.25, -0.2) is 8.42 Å². The van der Waals surface area contributed by atoms with Crippen molar-refractivity contribution in [1.29, 1.82) is 0 Å². The Balaban J connectivity index is 1.55. The van der Waals surface area contributed by atoms with Gasteiger partial charge in [-0.2, -0.15) is 0 Å². The molecular formula is C21H32N2O5S. The molecule has 1 N–H and O–H groups in total. The van der Waals surface area contributed by atoms with E-state index in [1.165, 1.54) is 12.1 Å². The number of hydrogen-bond acceptors (Lipinski definition) is 6. The van der Waals surface area contributed by atoms with E-state index in [0.717, 1.165) is 6.42 Å². The maximum atomic E-state index is 12.6. The van der Waals surface area contributed by atoms with E-state index in [1.807, 2.05) is 0 Å². The third kappa shape index (κ3) is 4.53. The molecule has 1 atom stereocenters. The monoisotopic (exact) mass is 424 g/mol. The van der Waals surface area contributed by atoms with E-state index in [4.69, 9.17) is 9.47 Å². The van der Waals surface area contributed by atoms with Crippen molar-refractivity contribution in [3.8, 4) is 11.5 Å². The maximum absolute atomic E-state index is 12.6. The van der Waals surface area contributed by atoms with Gasteiger partial charge in [0.15, 0.2) is 21.3 Å². The first-order valence-corrected chi connectivity index (χ1v) is 11.7. The van der Waals surface area contributed by atoms with E-state index < -0.39 is 9.84 Å². The van der Waals surface area contributed by atoms with E-state index in [1.54, 1.807) is 6.07 Å². The summed E-state index contributed by atoms with van der Waals surface area (Å²) in [6.45, 7) is 10.2. The molecule has 2 aliphatic heterocycles. The van der Waals surface area contributed by atoms with Crippen LogP contribution in [-0.2, 0) is 14.6 Å². The number of rotatable bonds is 6. The molecule has 0 aromatic heterocycles. The molecule has 1 unspecified atom stereocenters. The summed E-state index contributed by atoms with van der Waals surface area (Å²) in [5, 5.41) is 2.94. The number of nitrogens with one attached hydrogen (secondary N) is 1. The molecule has 1 saturated heterocycles. The number of nitrogens with zero attached hydrogens (tertiary/aromatic N) is 1. The third-order valence-corrected chi connectivity index (χ3v) is 8.25. The Morgan fingerprint density at radius 3 is 2.45 bits per heavy atom. The highest BCUT2D eigenvalue weighted by Gasteiger charge is 2.48. The summed E-state index contributed by atoms with van der Waals surface area (Å²) in [6, 6.07) is 4.57. The summed E-state index contributed by atoms with van der Waals surface area (Å²) >= 11 is 0. The van der Waals surface area contributed by atoms with E-state index in [2.05, 4.69) is 45.0 Å². The lowest BCUT2D eigenvalue weighted by Gasteiger charge is -2.38. The Bertz CT molecular complexity index is 879. The van der Waals surface area contributed by atoms with Crippen LogP contribution < -0.4 is 14.8 Å². The van der Waals surface area contributed by atoms with E-state index in [-0.39, 0.29) is 34.1 Å². The fraction of sp³-hybridized carbons (Fsp3) is 0.667. The molecule has 7 nitrogen and oxygen atoms in total. The normalized spacial score (nSPS) is 23.0. The molecule has 0 radical (unpaired) electrons. The lowest BCUT2D eigenvalue weighted by Crippen LogP contribution is -2.48. The second kappa shape index (κ2) is 7.80. The van der Waals surface area contributed by atoms with Crippen LogP contribution in [0.3, 0.4) is 0 Å². The molecule has 1 aromatic rings. The molecule has 2 aliphatic rings. The Kier molecular flexibility index (Phi) is 5.89. The fourth-order valence-electron chi connectivity index (χ4n) is 4.25. The summed E-state index contributed by atoms with van der Waals surface area (Å²) < 4.78 is 36.1. The summed E-state index contributed by atoms with van der Waals surface area (Å²) in [6.07, 6.45) is 0.912. The van der Waals surface area contributed by atoms with Gasteiger partial charge in [-0.3, -0.25) is 9.69 Å². The van der Waals surface area contributed by atoms with Gasteiger partial charge in [0.1, 0.15) is 13.2 Å². The van der Waals surface area contributed by atoms with Crippen LogP contribution in [0.4, 0.5) is 0 Å². The Hall–Kier alpha value is -1.80. The lowest BCUT2D eigenvalue weighted by molar-refractivity contribution is -0.121. The van der Waals surface area contributed by atoms with Gasteiger partial charge in [0.05, 0.1) is 10.6 Å². The second-order valence-electron chi connectivity index (χ2n) is 9.10. The van der Waals surface area contributed by atoms with Crippen molar-refractivity contribution in [3.63, 3.8) is 0 Å². The van der Waals surface area contributed by atoms with Crippen LogP contribution in [0.15, 0.2) is 23.1 Å². The Labute approximate surface area is 173 Å². The van der Waals surface area contributed by atoms with E-state index in [9.17, 15) is 13.2 Å². The molecule has 162 valence electrons. The second-order valence-corrected chi connectivity index (χ2v) is 11.2. The highest BCUT2D eigenvalue weighted by Crippen LogP contribution is 2.43. The van der Waals surface area contributed by atoms with Crippen LogP contribution in [0, 0.1) is 5.92 Å². The largest absolute Gasteiger partial charge is 0.486 e. The van der Waals surface area contributed by atoms with Crippen LogP contribution in [0.5, 0.6) is 11.5 Å². The minimum Gasteiger partial charge on any atom is -0.486 e. The topological polar surface area (TPSA) is 84.9 Å². The van der Waals surface area contributed by atoms with Gasteiger partial charge in [0.2, 0.25) is 5.91 Å². The van der Waals surface area contributed by atoms with Gasteiger partial charge in [-0.1, -0.05) is 0 Å². The van der Waals surface area contributed by atoms with Gasteiger partial charge < -0.3 is 14.8 Å². The average Bonchev–Trinajstić information content (AvgIpc) is 2.83. The van der Waals surface area contributed by atoms with E-state index in [0.29, 0.717) is 37.2 Å². The summed E-state index contributed by atoms with van der Waals surface area (Å²) in [5.41, 5.74) is 0.0362. The smallest absolute Gasteiger partial charge is 0.221 e. The minimum absolute atomic E-state index is 0.0337. The summed E-state index contributed by atoms with van der Waals surface area (Å²) in [4.78, 5) is 14.8. The molecule has 2 heterocycles. The maximum Gasteiger partial charge on any atom is 0.221 e. The van der Waals surface area contributed by atoms with Gasteiger partial charge in [-0.15, -0.1) is 0 Å². The number of carbonyl (C=O) groups is 1. The van der Waals surface area contributed by atoms with Crippen molar-refractivity contribution < 1.29 is 22.7 Å². The van der Waals surface area contributed by atoms with Gasteiger partial charge in [0, 0.05) is 30.1 Å². The predicted octanol–water partition coefficient (Wildman–Crippen LogP) is 2.25. The highest BCUT2D eigenvalue weighted by atomic mass is 32.2. The Morgan fingerprint density at radius 1 is 1.17 bits per heavy atom. The fourth-order valence-corrected chi connectivity index (χ4v) is 5.50. The molecule has 0 saturated carbocycles. The number of amides is 1. The number of fused-ring (bicyclic) bond motifs is 1. The van der Waals surface area contributed by atoms with Crippen molar-refractivity contribution >= 4 is 15.7 Å². The molecule has 29 heavy (non-hydrogen) atoms. The molecular weight excluding hydrogens is 392 g/mol. The number of ether oxygens (including phenoxy) is 2. The quantitative estimate of drug-likeness (QED) is 0.754. The highest BCUT2D eigenvalue weighted by molar-refractivity contribution is 7.91. The first kappa shape index (κ1) is 21.9. The van der Waals surface area contributed by atoms with Crippen molar-refractivity contribution in [2.45, 2.75) is 56.5 Å². The van der Waals surface area contributed by atoms with Crippen molar-refractivity contribution in [2.75, 3.05) is 32.6 Å². The van der Waals surface area contributed by atoms with Crippen molar-refractivity contribution in [2.24, 2.45) is 5.92 Å². The average molecular weight is 425 g/mol. The predicted molar refractivity (Wildman–Crippen MR) is 111 cm³/mol. The first-order valence-electron chi connectivity index (χ1n) is 10.1. The third-order valence-electron chi connectivity index (χ3n) is 6.53. The SMILES string of the molecule is CN1C(C)(C)CC(CNC(=O)CCS(=O)(=O)c2ccc3c(c2)OCCO3)C1(C)C. The molecule has 0 spiro atoms. The molecule has 0 aliphatic carbocycles. The van der Waals surface area contributed by atoms with Crippen LogP contribution in [0.2, 0.25) is 0 Å². The number of benzene rings is 1. The van der Waals surface area contributed by atoms with Gasteiger partial charge >= 0.3 is 0 Å². The van der Waals surface area contributed by atoms with Gasteiger partial charge in [-0.05, 0) is 59.2 Å². The summed E-state index contributed by atoms with van der Waals surface area (Å²) in [7, 11) is -1.47. The zero-order valence-corrected chi connectivity index (χ0v) is 18.8. The van der Waals surface area contributed by atoms with Crippen LogP contribution in [0.25, 0.3) is 0 Å². The zero-order chi connectivity index (χ0) is 21.4. The number of likely N-dealkylation sites (tertiary alicyclic amines) is 1. The van der Waals surface area contributed by atoms with Crippen LogP contribution in [0.1, 0.15) is 40.5 Å². The Morgan fingerprint density at radius 2 is 1.83 bits per heavy atom. The number of sulfone groups is 1. The molecule has 0 bridgehead atoms.